The predicted octanol–water partition coefficient (Wildman–Crippen LogP) is 3.08. The molecule has 0 spiro atoms. The summed E-state index contributed by atoms with van der Waals surface area (Å²) in [5, 5.41) is 0. The van der Waals surface area contributed by atoms with Crippen molar-refractivity contribution in [3.05, 3.63) is 63.1 Å². The van der Waals surface area contributed by atoms with Crippen molar-refractivity contribution in [2.24, 2.45) is 0 Å². The molecule has 0 aliphatic carbocycles. The number of hydrogen-bond donors (Lipinski definition) is 0. The average Bonchev–Trinajstić information content (AvgIpc) is 2.23. The van der Waals surface area contributed by atoms with E-state index in [1.54, 1.807) is 0 Å². The fourth-order valence-electron chi connectivity index (χ4n) is 0.321. The van der Waals surface area contributed by atoms with Crippen molar-refractivity contribution in [1.29, 1.82) is 0 Å². The summed E-state index contributed by atoms with van der Waals surface area (Å²) in [6.45, 7) is 0. The van der Waals surface area contributed by atoms with Gasteiger partial charge in [0.15, 0.2) is 0 Å². The van der Waals surface area contributed by atoms with Gasteiger partial charge in [-0.15, -0.1) is 0 Å². The second-order valence-corrected chi connectivity index (χ2v) is 0.962. The molecule has 0 fully saturated rings. The third-order valence-corrected chi connectivity index (χ3v) is 0.556. The van der Waals surface area contributed by atoms with Crippen LogP contribution < -0.4 is 0 Å². The van der Waals surface area contributed by atoms with Crippen LogP contribution in [0.25, 0.3) is 5.59 Å². The maximum atomic E-state index is 7.25. The van der Waals surface area contributed by atoms with Gasteiger partial charge in [-0.25, -0.2) is 12.1 Å². The van der Waals surface area contributed by atoms with Gasteiger partial charge in [-0.1, -0.05) is 0 Å². The maximum absolute atomic E-state index is 7.25. The first-order valence-electron chi connectivity index (χ1n) is 1.85. The molecule has 0 atom stereocenters. The fourth-order valence-corrected chi connectivity index (χ4v) is 0.321. The summed E-state index contributed by atoms with van der Waals surface area (Å²) in [6.07, 6.45) is 0. The average molecular weight is 324 g/mol. The first kappa shape index (κ1) is 31.1. The summed E-state index contributed by atoms with van der Waals surface area (Å²) in [6, 6.07) is 10.0. The van der Waals surface area contributed by atoms with E-state index in [2.05, 4.69) is 0 Å². The molecule has 0 aliphatic rings. The van der Waals surface area contributed by atoms with Gasteiger partial charge in [0.1, 0.15) is 0 Å². The van der Waals surface area contributed by atoms with Crippen LogP contribution in [0.4, 0.5) is 0 Å². The van der Waals surface area contributed by atoms with Crippen LogP contribution in [-0.2, 0) is 21.1 Å². The summed E-state index contributed by atoms with van der Waals surface area (Å²) in [4.78, 5) is 7.25. The van der Waals surface area contributed by atoms with Gasteiger partial charge in [-0.3, -0.25) is 0 Å². The molecule has 0 amide bonds. The Hall–Kier alpha value is -0.362. The Bertz CT molecular complexity index is 81.0. The van der Waals surface area contributed by atoms with Crippen molar-refractivity contribution in [2.75, 3.05) is 0 Å². The number of nitrogens with zero attached hydrogens (tertiary/aromatic N) is 1. The Morgan fingerprint density at radius 3 is 1.27 bits per heavy atom. The largest absolute Gasteiger partial charge is 0.577 e. The van der Waals surface area contributed by atoms with Crippen molar-refractivity contribution in [1.82, 2.24) is 0 Å². The molecule has 2 nitrogen and oxygen atoms in total. The second kappa shape index (κ2) is 33.4. The van der Waals surface area contributed by atoms with Crippen LogP contribution in [0.3, 0.4) is 0 Å². The zero-order valence-corrected chi connectivity index (χ0v) is 10.1. The van der Waals surface area contributed by atoms with Crippen molar-refractivity contribution >= 4 is 0 Å². The molecule has 11 heavy (non-hydrogen) atoms. The van der Waals surface area contributed by atoms with Gasteiger partial charge in [-0.05, 0) is 0 Å². The van der Waals surface area contributed by atoms with Crippen LogP contribution in [-0.4, -0.2) is 0 Å². The zero-order chi connectivity index (χ0) is 5.54. The molecule has 1 rings (SSSR count). The standard InChI is InChI=1S/C5H5.3CH3.NO.W/c1-2-4-5-3-1;;;;1-2;/h1-5H;3*1H3;;/q5*-1;. The molecule has 0 radical (unpaired) electrons. The van der Waals surface area contributed by atoms with Crippen molar-refractivity contribution in [3.63, 3.8) is 0 Å². The van der Waals surface area contributed by atoms with E-state index in [9.17, 15) is 0 Å². The van der Waals surface area contributed by atoms with Crippen molar-refractivity contribution in [2.45, 2.75) is 0 Å². The van der Waals surface area contributed by atoms with Crippen LogP contribution in [0.15, 0.2) is 30.3 Å². The zero-order valence-electron chi connectivity index (χ0n) is 7.15. The Morgan fingerprint density at radius 2 is 1.18 bits per heavy atom. The maximum Gasteiger partial charge on any atom is 0 e. The molecule has 0 saturated heterocycles. The van der Waals surface area contributed by atoms with Gasteiger partial charge in [0.05, 0.1) is 0 Å². The van der Waals surface area contributed by atoms with Gasteiger partial charge in [-0.2, -0.15) is 18.2 Å². The number of hydrogen-bond acceptors (Lipinski definition) is 1. The smallest absolute Gasteiger partial charge is 0 e. The van der Waals surface area contributed by atoms with E-state index in [0.717, 1.165) is 0 Å². The van der Waals surface area contributed by atoms with E-state index in [0.29, 0.717) is 0 Å². The van der Waals surface area contributed by atoms with E-state index >= 15 is 0 Å². The SMILES string of the molecule is [CH3-].[CH3-].[CH3-].[N-]=O.[W].c1cc[cH-]c1. The molecule has 0 aliphatic heterocycles. The van der Waals surface area contributed by atoms with Gasteiger partial charge in [0.25, 0.3) is 0 Å². The molecule has 3 heteroatoms. The van der Waals surface area contributed by atoms with Gasteiger partial charge >= 0.3 is 0 Å². The van der Waals surface area contributed by atoms with Crippen LogP contribution in [0, 0.1) is 27.2 Å². The fraction of sp³-hybridized carbons (Fsp3) is 0. The molecule has 0 aromatic heterocycles. The van der Waals surface area contributed by atoms with E-state index in [1.165, 1.54) is 0 Å². The monoisotopic (exact) mass is 324 g/mol. The Balaban J connectivity index is -0.0000000189. The predicted molar refractivity (Wildman–Crippen MR) is 48.0 cm³/mol. The normalized spacial score (nSPS) is 4.00. The molecule has 0 unspecified atom stereocenters. The Kier molecular flexibility index (Phi) is 94.5. The number of nitroso groups, excluding NO2 is 1. The first-order valence-corrected chi connectivity index (χ1v) is 1.85. The van der Waals surface area contributed by atoms with E-state index in [1.807, 2.05) is 30.3 Å². The minimum absolute atomic E-state index is 0. The van der Waals surface area contributed by atoms with Crippen LogP contribution in [0.5, 0.6) is 0 Å². The summed E-state index contributed by atoms with van der Waals surface area (Å²) in [7, 11) is 0. The quantitative estimate of drug-likeness (QED) is 0.676. The van der Waals surface area contributed by atoms with Crippen molar-refractivity contribution in [3.8, 4) is 0 Å². The molecular weight excluding hydrogens is 310 g/mol. The molecule has 1 aromatic carbocycles. The molecule has 0 N–H and O–H groups in total. The second-order valence-electron chi connectivity index (χ2n) is 0.962. The summed E-state index contributed by atoms with van der Waals surface area (Å²) < 4.78 is 0. The van der Waals surface area contributed by atoms with E-state index in [4.69, 9.17) is 10.5 Å². The molecule has 0 heterocycles. The Labute approximate surface area is 84.4 Å². The Morgan fingerprint density at radius 1 is 0.909 bits per heavy atom. The van der Waals surface area contributed by atoms with Crippen molar-refractivity contribution < 1.29 is 21.1 Å². The van der Waals surface area contributed by atoms with E-state index < -0.39 is 0 Å². The van der Waals surface area contributed by atoms with Gasteiger partial charge in [0, 0.05) is 21.1 Å². The molecule has 0 saturated carbocycles. The summed E-state index contributed by atoms with van der Waals surface area (Å²) in [5.74, 6) is 0. The molecule has 68 valence electrons. The third-order valence-electron chi connectivity index (χ3n) is 0.556. The van der Waals surface area contributed by atoms with Crippen LogP contribution in [0.1, 0.15) is 0 Å². The summed E-state index contributed by atoms with van der Waals surface area (Å²) >= 11 is 0. The first-order chi connectivity index (χ1) is 3.50. The number of rotatable bonds is 0. The van der Waals surface area contributed by atoms with Crippen LogP contribution >= 0.6 is 0 Å². The van der Waals surface area contributed by atoms with Gasteiger partial charge < -0.3 is 32.8 Å². The molecule has 1 aromatic rings. The summed E-state index contributed by atoms with van der Waals surface area (Å²) in [5.41, 5.74) is 5.75. The minimum Gasteiger partial charge on any atom is -0.577 e. The topological polar surface area (TPSA) is 39.4 Å². The minimum atomic E-state index is 0. The molecular formula is C8H14NOW-5. The van der Waals surface area contributed by atoms with Crippen LogP contribution in [0.2, 0.25) is 0 Å². The van der Waals surface area contributed by atoms with Gasteiger partial charge in [0.2, 0.25) is 0 Å². The third kappa shape index (κ3) is 26.1. The molecule has 0 bridgehead atoms. The van der Waals surface area contributed by atoms with E-state index in [-0.39, 0.29) is 43.3 Å².